The van der Waals surface area contributed by atoms with Gasteiger partial charge in [-0.2, -0.15) is 0 Å². The number of non-ortho nitro benzene ring substituents is 1. The first-order valence-corrected chi connectivity index (χ1v) is 6.96. The molecule has 0 aromatic heterocycles. The highest BCUT2D eigenvalue weighted by atomic mass is 32.2. The van der Waals surface area contributed by atoms with Gasteiger partial charge < -0.3 is 0 Å². The van der Waals surface area contributed by atoms with Crippen LogP contribution in [0.2, 0.25) is 0 Å². The van der Waals surface area contributed by atoms with E-state index in [1.165, 1.54) is 6.07 Å². The molecule has 106 valence electrons. The van der Waals surface area contributed by atoms with Crippen molar-refractivity contribution in [2.75, 3.05) is 0 Å². The van der Waals surface area contributed by atoms with Crippen molar-refractivity contribution >= 4 is 16.7 Å². The van der Waals surface area contributed by atoms with E-state index in [0.717, 1.165) is 12.1 Å². The fraction of sp³-hybridized carbons (Fsp3) is 0.500. The lowest BCUT2D eigenvalue weighted by molar-refractivity contribution is -0.385. The first-order valence-electron chi connectivity index (χ1n) is 5.75. The number of nitro benzene ring substituents is 1. The minimum absolute atomic E-state index is 0.157. The van der Waals surface area contributed by atoms with Gasteiger partial charge in [-0.3, -0.25) is 15.3 Å². The van der Waals surface area contributed by atoms with Gasteiger partial charge in [-0.25, -0.2) is 8.60 Å². The summed E-state index contributed by atoms with van der Waals surface area (Å²) in [6.45, 7) is 5.17. The van der Waals surface area contributed by atoms with Crippen molar-refractivity contribution in [3.63, 3.8) is 0 Å². The molecule has 1 aromatic rings. The van der Waals surface area contributed by atoms with E-state index in [1.807, 2.05) is 0 Å². The van der Waals surface area contributed by atoms with Crippen LogP contribution in [-0.2, 0) is 11.0 Å². The first kappa shape index (κ1) is 15.7. The molecule has 7 heteroatoms. The zero-order valence-electron chi connectivity index (χ0n) is 11.1. The van der Waals surface area contributed by atoms with Crippen molar-refractivity contribution < 1.29 is 13.5 Å². The Morgan fingerprint density at radius 1 is 1.53 bits per heavy atom. The molecule has 0 aliphatic carbocycles. The summed E-state index contributed by atoms with van der Waals surface area (Å²) < 4.78 is 24.4. The second-order valence-corrected chi connectivity index (χ2v) is 6.83. The largest absolute Gasteiger partial charge is 0.269 e. The average Bonchev–Trinajstić information content (AvgIpc) is 2.28. The molecule has 0 radical (unpaired) electrons. The molecule has 19 heavy (non-hydrogen) atoms. The molecular formula is C12H17FN2O3S. The van der Waals surface area contributed by atoms with Gasteiger partial charge in [0.15, 0.2) is 0 Å². The van der Waals surface area contributed by atoms with E-state index >= 15 is 0 Å². The summed E-state index contributed by atoms with van der Waals surface area (Å²) in [7, 11) is -1.55. The molecule has 1 unspecified atom stereocenters. The zero-order chi connectivity index (χ0) is 14.8. The van der Waals surface area contributed by atoms with Crippen LogP contribution in [0.3, 0.4) is 0 Å². The normalized spacial score (nSPS) is 15.0. The van der Waals surface area contributed by atoms with Crippen molar-refractivity contribution in [1.29, 1.82) is 0 Å². The maximum atomic E-state index is 13.7. The Hall–Kier alpha value is -1.34. The summed E-state index contributed by atoms with van der Waals surface area (Å²) in [4.78, 5) is 10.1. The van der Waals surface area contributed by atoms with Gasteiger partial charge in [0.05, 0.1) is 20.7 Å². The Bertz CT molecular complexity index is 520. The van der Waals surface area contributed by atoms with E-state index in [4.69, 9.17) is 5.14 Å². The first-order chi connectivity index (χ1) is 8.65. The van der Waals surface area contributed by atoms with E-state index in [0.29, 0.717) is 6.42 Å². The molecule has 0 aliphatic heterocycles. The average molecular weight is 288 g/mol. The maximum absolute atomic E-state index is 13.7. The number of nitro groups is 1. The predicted molar refractivity (Wildman–Crippen MR) is 72.5 cm³/mol. The van der Waals surface area contributed by atoms with Crippen LogP contribution in [0.1, 0.15) is 38.7 Å². The van der Waals surface area contributed by atoms with Crippen molar-refractivity contribution in [3.8, 4) is 0 Å². The van der Waals surface area contributed by atoms with Crippen molar-refractivity contribution in [1.82, 2.24) is 0 Å². The molecule has 0 amide bonds. The molecule has 0 saturated carbocycles. The number of hydrogen-bond donors (Lipinski definition) is 1. The lowest BCUT2D eigenvalue weighted by Gasteiger charge is -2.25. The van der Waals surface area contributed by atoms with Crippen LogP contribution >= 0.6 is 0 Å². The second kappa shape index (κ2) is 5.75. The summed E-state index contributed by atoms with van der Waals surface area (Å²) >= 11 is 0. The van der Waals surface area contributed by atoms with E-state index in [9.17, 15) is 18.7 Å². The minimum Gasteiger partial charge on any atom is -0.258 e. The Balaban J connectivity index is 3.05. The van der Waals surface area contributed by atoms with Crippen molar-refractivity contribution in [2.45, 2.75) is 37.9 Å². The molecule has 0 saturated heterocycles. The van der Waals surface area contributed by atoms with Gasteiger partial charge in [0, 0.05) is 12.1 Å². The van der Waals surface area contributed by atoms with E-state index < -0.39 is 26.5 Å². The molecule has 1 rings (SSSR count). The summed E-state index contributed by atoms with van der Waals surface area (Å²) in [6.07, 6.45) is 0.369. The van der Waals surface area contributed by atoms with Gasteiger partial charge in [0.1, 0.15) is 5.82 Å². The number of benzene rings is 1. The topological polar surface area (TPSA) is 86.2 Å². The standard InChI is InChI=1S/C12H17FN2O3S/c1-8(7-12(2,3)19(14)18)10-6-9(15(16)17)4-5-11(10)13/h4-6,8H,7,14H2,1-3H3/t8-,19?/m0/s1. The summed E-state index contributed by atoms with van der Waals surface area (Å²) in [5.41, 5.74) is 0.0858. The predicted octanol–water partition coefficient (Wildman–Crippen LogP) is 2.63. The lowest BCUT2D eigenvalue weighted by Crippen LogP contribution is -2.33. The third kappa shape index (κ3) is 3.81. The van der Waals surface area contributed by atoms with Gasteiger partial charge in [-0.1, -0.05) is 6.92 Å². The van der Waals surface area contributed by atoms with Crippen LogP contribution in [0, 0.1) is 15.9 Å². The summed E-state index contributed by atoms with van der Waals surface area (Å²) in [5, 5.41) is 16.1. The van der Waals surface area contributed by atoms with Crippen molar-refractivity contribution in [3.05, 3.63) is 39.7 Å². The maximum Gasteiger partial charge on any atom is 0.269 e. The highest BCUT2D eigenvalue weighted by Gasteiger charge is 2.28. The number of nitrogens with zero attached hydrogens (tertiary/aromatic N) is 1. The Morgan fingerprint density at radius 3 is 2.58 bits per heavy atom. The molecule has 0 heterocycles. The zero-order valence-corrected chi connectivity index (χ0v) is 11.9. The smallest absolute Gasteiger partial charge is 0.258 e. The highest BCUT2D eigenvalue weighted by Crippen LogP contribution is 2.31. The lowest BCUT2D eigenvalue weighted by atomic mass is 9.91. The number of halogens is 1. The third-order valence-electron chi connectivity index (χ3n) is 3.06. The quantitative estimate of drug-likeness (QED) is 0.667. The number of nitrogens with two attached hydrogens (primary N) is 1. The summed E-state index contributed by atoms with van der Waals surface area (Å²) in [5.74, 6) is -0.820. The number of rotatable bonds is 5. The molecule has 0 bridgehead atoms. The van der Waals surface area contributed by atoms with Crippen LogP contribution < -0.4 is 5.14 Å². The van der Waals surface area contributed by atoms with Crippen LogP contribution in [0.4, 0.5) is 10.1 Å². The SMILES string of the molecule is C[C@@H](CC(C)(C)S(N)=O)c1cc([N+](=O)[O-])ccc1F. The molecule has 0 aliphatic rings. The van der Waals surface area contributed by atoms with Gasteiger partial charge in [-0.05, 0) is 37.8 Å². The molecule has 2 N–H and O–H groups in total. The molecule has 2 atom stereocenters. The van der Waals surface area contributed by atoms with Crippen LogP contribution in [0.5, 0.6) is 0 Å². The van der Waals surface area contributed by atoms with Crippen LogP contribution in [0.25, 0.3) is 0 Å². The molecule has 0 spiro atoms. The molecule has 0 fully saturated rings. The fourth-order valence-corrected chi connectivity index (χ4v) is 2.37. The second-order valence-electron chi connectivity index (χ2n) is 5.13. The minimum atomic E-state index is -1.55. The highest BCUT2D eigenvalue weighted by molar-refractivity contribution is 7.84. The van der Waals surface area contributed by atoms with E-state index in [2.05, 4.69) is 0 Å². The Morgan fingerprint density at radius 2 is 2.11 bits per heavy atom. The molecule has 5 nitrogen and oxygen atoms in total. The van der Waals surface area contributed by atoms with E-state index in [-0.39, 0.29) is 17.2 Å². The monoisotopic (exact) mass is 288 g/mol. The van der Waals surface area contributed by atoms with Crippen molar-refractivity contribution in [2.24, 2.45) is 5.14 Å². The third-order valence-corrected chi connectivity index (χ3v) is 4.32. The summed E-state index contributed by atoms with van der Waals surface area (Å²) in [6, 6.07) is 3.42. The Kier molecular flexibility index (Phi) is 4.75. The molecular weight excluding hydrogens is 271 g/mol. The van der Waals surface area contributed by atoms with Gasteiger partial charge >= 0.3 is 0 Å². The fourth-order valence-electron chi connectivity index (χ4n) is 1.95. The Labute approximate surface area is 113 Å². The van der Waals surface area contributed by atoms with Gasteiger partial charge in [0.2, 0.25) is 0 Å². The van der Waals surface area contributed by atoms with E-state index in [1.54, 1.807) is 20.8 Å². The van der Waals surface area contributed by atoms with Gasteiger partial charge in [-0.15, -0.1) is 0 Å². The number of hydrogen-bond acceptors (Lipinski definition) is 3. The molecule has 1 aromatic carbocycles. The van der Waals surface area contributed by atoms with Crippen LogP contribution in [-0.4, -0.2) is 13.9 Å². The van der Waals surface area contributed by atoms with Crippen LogP contribution in [0.15, 0.2) is 18.2 Å². The van der Waals surface area contributed by atoms with Gasteiger partial charge in [0.25, 0.3) is 5.69 Å².